The Labute approximate surface area is 113 Å². The van der Waals surface area contributed by atoms with Crippen LogP contribution in [0.4, 0.5) is 0 Å². The van der Waals surface area contributed by atoms with Gasteiger partial charge in [0.05, 0.1) is 16.4 Å². The van der Waals surface area contributed by atoms with Gasteiger partial charge in [0.15, 0.2) is 0 Å². The fourth-order valence-electron chi connectivity index (χ4n) is 2.29. The van der Waals surface area contributed by atoms with E-state index >= 15 is 0 Å². The van der Waals surface area contributed by atoms with Gasteiger partial charge in [-0.25, -0.2) is 0 Å². The third-order valence-electron chi connectivity index (χ3n) is 3.34. The molecule has 0 atom stereocenters. The number of nitrogens with zero attached hydrogens (tertiary/aromatic N) is 3. The zero-order chi connectivity index (χ0) is 12.4. The third kappa shape index (κ3) is 2.95. The van der Waals surface area contributed by atoms with Crippen molar-refractivity contribution in [1.29, 1.82) is 0 Å². The van der Waals surface area contributed by atoms with Crippen LogP contribution in [0.3, 0.4) is 0 Å². The summed E-state index contributed by atoms with van der Waals surface area (Å²) in [5, 5.41) is 5.61. The molecule has 0 spiro atoms. The Morgan fingerprint density at radius 3 is 2.59 bits per heavy atom. The van der Waals surface area contributed by atoms with Crippen LogP contribution in [-0.2, 0) is 13.1 Å². The van der Waals surface area contributed by atoms with E-state index in [1.54, 1.807) is 0 Å². The highest BCUT2D eigenvalue weighted by molar-refractivity contribution is 6.31. The molecular weight excluding hydrogens is 257 g/mol. The third-order valence-corrected chi connectivity index (χ3v) is 4.27. The molecule has 3 nitrogen and oxygen atoms in total. The molecule has 0 radical (unpaired) electrons. The Morgan fingerprint density at radius 1 is 1.35 bits per heavy atom. The predicted octanol–water partition coefficient (Wildman–Crippen LogP) is 3.07. The van der Waals surface area contributed by atoms with Crippen molar-refractivity contribution in [2.75, 3.05) is 13.1 Å². The van der Waals surface area contributed by atoms with Crippen LogP contribution in [0.5, 0.6) is 0 Å². The Hall–Kier alpha value is -0.250. The fraction of sp³-hybridized carbons (Fsp3) is 0.750. The van der Waals surface area contributed by atoms with E-state index in [-0.39, 0.29) is 0 Å². The average molecular weight is 276 g/mol. The Kier molecular flexibility index (Phi) is 4.34. The zero-order valence-corrected chi connectivity index (χ0v) is 11.9. The summed E-state index contributed by atoms with van der Waals surface area (Å²) >= 11 is 12.4. The number of hydrogen-bond donors (Lipinski definition) is 0. The predicted molar refractivity (Wildman–Crippen MR) is 71.8 cm³/mol. The van der Waals surface area contributed by atoms with Gasteiger partial charge in [-0.3, -0.25) is 9.58 Å². The molecular formula is C12H19Cl2N3. The quantitative estimate of drug-likeness (QED) is 0.791. The van der Waals surface area contributed by atoms with Gasteiger partial charge in [-0.05, 0) is 39.8 Å². The summed E-state index contributed by atoms with van der Waals surface area (Å²) < 4.78 is 2.00. The second-order valence-corrected chi connectivity index (χ2v) is 5.61. The highest BCUT2D eigenvalue weighted by atomic mass is 35.5. The zero-order valence-electron chi connectivity index (χ0n) is 10.4. The van der Waals surface area contributed by atoms with Crippen LogP contribution in [0.25, 0.3) is 0 Å². The number of halogens is 2. The molecule has 0 amide bonds. The van der Waals surface area contributed by atoms with Gasteiger partial charge < -0.3 is 0 Å². The van der Waals surface area contributed by atoms with Gasteiger partial charge in [-0.1, -0.05) is 11.6 Å². The van der Waals surface area contributed by atoms with Crippen LogP contribution in [0.1, 0.15) is 31.2 Å². The second kappa shape index (κ2) is 5.59. The summed E-state index contributed by atoms with van der Waals surface area (Å²) in [7, 11) is 0. The van der Waals surface area contributed by atoms with Gasteiger partial charge in [-0.2, -0.15) is 5.10 Å². The van der Waals surface area contributed by atoms with Gasteiger partial charge >= 0.3 is 0 Å². The lowest BCUT2D eigenvalue weighted by atomic mass is 10.1. The van der Waals surface area contributed by atoms with Gasteiger partial charge in [0.25, 0.3) is 0 Å². The van der Waals surface area contributed by atoms with Crippen molar-refractivity contribution in [3.8, 4) is 0 Å². The standard InChI is InChI=1S/C12H19Cl2N3/c1-3-17-11(12(14)9(2)15-17)8-16-6-4-10(13)5-7-16/h10H,3-8H2,1-2H3. The first-order chi connectivity index (χ1) is 8.11. The van der Waals surface area contributed by atoms with E-state index in [2.05, 4.69) is 16.9 Å². The molecule has 2 rings (SSSR count). The molecule has 17 heavy (non-hydrogen) atoms. The number of piperidine rings is 1. The van der Waals surface area contributed by atoms with E-state index in [4.69, 9.17) is 23.2 Å². The highest BCUT2D eigenvalue weighted by Crippen LogP contribution is 2.24. The maximum Gasteiger partial charge on any atom is 0.0860 e. The van der Waals surface area contributed by atoms with Crippen molar-refractivity contribution < 1.29 is 0 Å². The summed E-state index contributed by atoms with van der Waals surface area (Å²) in [6.45, 7) is 7.92. The molecule has 1 aromatic rings. The number of alkyl halides is 1. The Morgan fingerprint density at radius 2 is 2.00 bits per heavy atom. The fourth-order valence-corrected chi connectivity index (χ4v) is 2.68. The van der Waals surface area contributed by atoms with Crippen molar-refractivity contribution >= 4 is 23.2 Å². The van der Waals surface area contributed by atoms with E-state index in [0.717, 1.165) is 55.4 Å². The maximum absolute atomic E-state index is 6.30. The van der Waals surface area contributed by atoms with Crippen molar-refractivity contribution in [1.82, 2.24) is 14.7 Å². The van der Waals surface area contributed by atoms with Crippen molar-refractivity contribution in [3.05, 3.63) is 16.4 Å². The molecule has 1 saturated heterocycles. The number of likely N-dealkylation sites (tertiary alicyclic amines) is 1. The summed E-state index contributed by atoms with van der Waals surface area (Å²) in [4.78, 5) is 2.41. The number of aromatic nitrogens is 2. The smallest absolute Gasteiger partial charge is 0.0860 e. The van der Waals surface area contributed by atoms with Crippen LogP contribution in [0.15, 0.2) is 0 Å². The lowest BCUT2D eigenvalue weighted by Gasteiger charge is -2.29. The van der Waals surface area contributed by atoms with Gasteiger partial charge in [0.1, 0.15) is 0 Å². The molecule has 0 aliphatic carbocycles. The van der Waals surface area contributed by atoms with Crippen LogP contribution < -0.4 is 0 Å². The molecule has 0 saturated carbocycles. The molecule has 0 aromatic carbocycles. The first-order valence-corrected chi connectivity index (χ1v) is 7.01. The van der Waals surface area contributed by atoms with Crippen LogP contribution in [-0.4, -0.2) is 33.1 Å². The molecule has 1 aliphatic heterocycles. The molecule has 1 aromatic heterocycles. The van der Waals surface area contributed by atoms with Crippen molar-refractivity contribution in [2.24, 2.45) is 0 Å². The SMILES string of the molecule is CCn1nc(C)c(Cl)c1CN1CCC(Cl)CC1. The van der Waals surface area contributed by atoms with Crippen LogP contribution in [0, 0.1) is 6.92 Å². The van der Waals surface area contributed by atoms with Gasteiger partial charge in [-0.15, -0.1) is 11.6 Å². The molecule has 2 heterocycles. The second-order valence-electron chi connectivity index (χ2n) is 4.61. The first-order valence-electron chi connectivity index (χ1n) is 6.20. The number of rotatable bonds is 3. The average Bonchev–Trinajstić information content (AvgIpc) is 2.59. The van der Waals surface area contributed by atoms with Gasteiger partial charge in [0.2, 0.25) is 0 Å². The van der Waals surface area contributed by atoms with Crippen LogP contribution in [0.2, 0.25) is 5.02 Å². The minimum atomic E-state index is 0.347. The van der Waals surface area contributed by atoms with E-state index in [1.807, 2.05) is 11.6 Å². The summed E-state index contributed by atoms with van der Waals surface area (Å²) in [5.41, 5.74) is 2.07. The minimum Gasteiger partial charge on any atom is -0.297 e. The van der Waals surface area contributed by atoms with E-state index in [1.165, 1.54) is 0 Å². The topological polar surface area (TPSA) is 21.1 Å². The minimum absolute atomic E-state index is 0.347. The summed E-state index contributed by atoms with van der Waals surface area (Å²) in [6, 6.07) is 0. The molecule has 96 valence electrons. The van der Waals surface area contributed by atoms with E-state index in [9.17, 15) is 0 Å². The molecule has 0 bridgehead atoms. The lowest BCUT2D eigenvalue weighted by Crippen LogP contribution is -2.34. The van der Waals surface area contributed by atoms with E-state index < -0.39 is 0 Å². The molecule has 1 aliphatic rings. The molecule has 0 unspecified atom stereocenters. The molecule has 0 N–H and O–H groups in total. The number of aryl methyl sites for hydroxylation is 2. The van der Waals surface area contributed by atoms with E-state index in [0.29, 0.717) is 5.38 Å². The molecule has 5 heteroatoms. The number of hydrogen-bond acceptors (Lipinski definition) is 2. The van der Waals surface area contributed by atoms with Crippen LogP contribution >= 0.6 is 23.2 Å². The maximum atomic E-state index is 6.30. The first kappa shape index (κ1) is 13.2. The largest absolute Gasteiger partial charge is 0.297 e. The monoisotopic (exact) mass is 275 g/mol. The summed E-state index contributed by atoms with van der Waals surface area (Å²) in [6.07, 6.45) is 2.14. The Bertz CT molecular complexity index is 381. The van der Waals surface area contributed by atoms with Crippen molar-refractivity contribution in [2.45, 2.75) is 45.2 Å². The van der Waals surface area contributed by atoms with Crippen molar-refractivity contribution in [3.63, 3.8) is 0 Å². The highest BCUT2D eigenvalue weighted by Gasteiger charge is 2.20. The summed E-state index contributed by atoms with van der Waals surface area (Å²) in [5.74, 6) is 0. The normalized spacial score (nSPS) is 18.8. The lowest BCUT2D eigenvalue weighted by molar-refractivity contribution is 0.217. The molecule has 1 fully saturated rings. The Balaban J connectivity index is 2.07. The van der Waals surface area contributed by atoms with Gasteiger partial charge in [0, 0.05) is 18.5 Å².